The van der Waals surface area contributed by atoms with Crippen molar-refractivity contribution >= 4 is 74.9 Å². The van der Waals surface area contributed by atoms with E-state index >= 15 is 0 Å². The Morgan fingerprint density at radius 1 is 1.50 bits per heavy atom. The molecule has 0 radical (unpaired) electrons. The first kappa shape index (κ1) is 12.2. The summed E-state index contributed by atoms with van der Waals surface area (Å²) in [7, 11) is 1.39. The van der Waals surface area contributed by atoms with Crippen LogP contribution in [0.5, 0.6) is 0 Å². The molecule has 0 spiro atoms. The molecule has 0 aliphatic heterocycles. The van der Waals surface area contributed by atoms with Gasteiger partial charge in [-0.3, -0.25) is 4.79 Å². The molecule has 0 atom stereocenters. The van der Waals surface area contributed by atoms with Gasteiger partial charge in [-0.1, -0.05) is 13.8 Å². The molecule has 0 bridgehead atoms. The predicted molar refractivity (Wildman–Crippen MR) is 34.0 cm³/mol. The second kappa shape index (κ2) is 6.64. The van der Waals surface area contributed by atoms with Gasteiger partial charge in [-0.05, 0) is 0 Å². The molecule has 0 unspecified atom stereocenters. The van der Waals surface area contributed by atoms with Gasteiger partial charge in [-0.25, -0.2) is 0 Å². The van der Waals surface area contributed by atoms with Crippen LogP contribution in [-0.2, 0) is 9.53 Å². The van der Waals surface area contributed by atoms with Gasteiger partial charge in [-0.2, -0.15) is 0 Å². The molecule has 0 rings (SSSR count). The summed E-state index contributed by atoms with van der Waals surface area (Å²) < 4.78 is 4.37. The zero-order valence-electron chi connectivity index (χ0n) is 4.89. The second-order valence-corrected chi connectivity index (χ2v) is 1.68. The molecular formula is C5H11CsO2. The first-order valence-electron chi connectivity index (χ1n) is 2.26. The monoisotopic (exact) mass is 236 g/mol. The van der Waals surface area contributed by atoms with Crippen LogP contribution in [0.15, 0.2) is 0 Å². The third-order valence-electron chi connectivity index (χ3n) is 0.673. The molecule has 3 heteroatoms. The Bertz CT molecular complexity index is 70.8. The Labute approximate surface area is 109 Å². The third kappa shape index (κ3) is 5.65. The summed E-state index contributed by atoms with van der Waals surface area (Å²) in [6.45, 7) is 3.59. The molecule has 0 saturated heterocycles. The number of carbonyl (C=O) groups is 1. The molecule has 0 saturated carbocycles. The Morgan fingerprint density at radius 3 is 1.88 bits per heavy atom. The predicted octanol–water partition coefficient (Wildman–Crippen LogP) is 0.167. The van der Waals surface area contributed by atoms with Crippen molar-refractivity contribution in [2.45, 2.75) is 13.8 Å². The van der Waals surface area contributed by atoms with E-state index in [9.17, 15) is 4.79 Å². The van der Waals surface area contributed by atoms with Crippen LogP contribution in [0.1, 0.15) is 13.8 Å². The van der Waals surface area contributed by atoms with Crippen LogP contribution in [0.4, 0.5) is 0 Å². The van der Waals surface area contributed by atoms with Crippen molar-refractivity contribution in [2.75, 3.05) is 7.11 Å². The maximum atomic E-state index is 10.3. The van der Waals surface area contributed by atoms with E-state index in [2.05, 4.69) is 4.74 Å². The van der Waals surface area contributed by atoms with Gasteiger partial charge in [0.15, 0.2) is 0 Å². The fourth-order valence-corrected chi connectivity index (χ4v) is 0.236. The third-order valence-corrected chi connectivity index (χ3v) is 0.673. The molecule has 8 heavy (non-hydrogen) atoms. The van der Waals surface area contributed by atoms with Crippen molar-refractivity contribution in [3.05, 3.63) is 0 Å². The fraction of sp³-hybridized carbons (Fsp3) is 0.800. The van der Waals surface area contributed by atoms with E-state index in [1.807, 2.05) is 0 Å². The van der Waals surface area contributed by atoms with Crippen molar-refractivity contribution in [2.24, 2.45) is 5.92 Å². The van der Waals surface area contributed by atoms with E-state index in [0.717, 1.165) is 0 Å². The van der Waals surface area contributed by atoms with Crippen molar-refractivity contribution < 1.29 is 9.53 Å². The van der Waals surface area contributed by atoms with Gasteiger partial charge in [0.1, 0.15) is 0 Å². The Hall–Kier alpha value is 1.52. The van der Waals surface area contributed by atoms with E-state index in [-0.39, 0.29) is 80.8 Å². The summed E-state index contributed by atoms with van der Waals surface area (Å²) in [5.74, 6) is -0.148. The van der Waals surface area contributed by atoms with Gasteiger partial charge in [-0.15, -0.1) is 0 Å². The molecule has 0 aromatic heterocycles. The van der Waals surface area contributed by atoms with Crippen molar-refractivity contribution in [3.63, 3.8) is 0 Å². The first-order valence-corrected chi connectivity index (χ1v) is 2.26. The zero-order valence-corrected chi connectivity index (χ0v) is 4.89. The second-order valence-electron chi connectivity index (χ2n) is 1.68. The van der Waals surface area contributed by atoms with Gasteiger partial charge in [0.2, 0.25) is 0 Å². The molecule has 44 valence electrons. The van der Waals surface area contributed by atoms with Gasteiger partial charge in [0, 0.05) is 0 Å². The molecule has 0 N–H and O–H groups in total. The van der Waals surface area contributed by atoms with E-state index in [0.29, 0.717) is 0 Å². The first-order chi connectivity index (χ1) is 3.18. The summed E-state index contributed by atoms with van der Waals surface area (Å²) in [5, 5.41) is 0. The summed E-state index contributed by atoms with van der Waals surface area (Å²) in [5.41, 5.74) is 0. The van der Waals surface area contributed by atoms with Crippen LogP contribution in [0.2, 0.25) is 0 Å². The number of carbonyl (C=O) groups excluding carboxylic acids is 1. The average molecular weight is 236 g/mol. The fourth-order valence-electron chi connectivity index (χ4n) is 0.236. The SMILES string of the molecule is COC(=O)C(C)C.[CsH]. The van der Waals surface area contributed by atoms with Crippen LogP contribution in [0.3, 0.4) is 0 Å². The molecule has 0 fully saturated rings. The van der Waals surface area contributed by atoms with Gasteiger partial charge >= 0.3 is 74.9 Å². The van der Waals surface area contributed by atoms with Crippen molar-refractivity contribution in [1.29, 1.82) is 0 Å². The van der Waals surface area contributed by atoms with Crippen LogP contribution >= 0.6 is 0 Å². The zero-order chi connectivity index (χ0) is 5.86. The molecule has 0 amide bonds. The summed E-state index contributed by atoms with van der Waals surface area (Å²) in [4.78, 5) is 10.3. The number of esters is 1. The van der Waals surface area contributed by atoms with Crippen LogP contribution in [0.25, 0.3) is 0 Å². The number of methoxy groups -OCH3 is 1. The Morgan fingerprint density at radius 2 is 1.88 bits per heavy atom. The van der Waals surface area contributed by atoms with Crippen molar-refractivity contribution in [1.82, 2.24) is 0 Å². The minimum absolute atomic E-state index is 0. The van der Waals surface area contributed by atoms with E-state index in [1.54, 1.807) is 13.8 Å². The van der Waals surface area contributed by atoms with Crippen LogP contribution in [0, 0.1) is 5.92 Å². The molecule has 0 aromatic rings. The number of ether oxygens (including phenoxy) is 1. The normalized spacial score (nSPS) is 8.00. The summed E-state index contributed by atoms with van der Waals surface area (Å²) in [6, 6.07) is 0. The quantitative estimate of drug-likeness (QED) is 0.606. The Balaban J connectivity index is 0. The molecule has 0 aliphatic rings. The molecular weight excluding hydrogens is 225 g/mol. The molecule has 2 nitrogen and oxygen atoms in total. The van der Waals surface area contributed by atoms with E-state index in [4.69, 9.17) is 0 Å². The Kier molecular flexibility index (Phi) is 10.1. The minimum atomic E-state index is -0.153. The molecule has 0 aromatic carbocycles. The number of hydrogen-bond acceptors (Lipinski definition) is 2. The van der Waals surface area contributed by atoms with Crippen molar-refractivity contribution in [3.8, 4) is 0 Å². The van der Waals surface area contributed by atoms with Gasteiger partial charge in [0.25, 0.3) is 0 Å². The average Bonchev–Trinajstić information content (AvgIpc) is 1.65. The van der Waals surface area contributed by atoms with Gasteiger partial charge in [0.05, 0.1) is 13.0 Å². The molecule has 0 aliphatic carbocycles. The van der Waals surface area contributed by atoms with E-state index in [1.165, 1.54) is 7.11 Å². The van der Waals surface area contributed by atoms with E-state index < -0.39 is 0 Å². The number of hydrogen-bond donors (Lipinski definition) is 0. The maximum absolute atomic E-state index is 10.3. The van der Waals surface area contributed by atoms with Crippen LogP contribution < -0.4 is 0 Å². The summed E-state index contributed by atoms with van der Waals surface area (Å²) >= 11 is 0. The topological polar surface area (TPSA) is 26.3 Å². The standard InChI is InChI=1S/C5H10O2.Cs.H/c1-4(2)5(6)7-3;;/h4H,1-3H3;;. The number of rotatable bonds is 1. The van der Waals surface area contributed by atoms with Gasteiger partial charge < -0.3 is 4.74 Å². The summed E-state index contributed by atoms with van der Waals surface area (Å²) in [6.07, 6.45) is 0. The van der Waals surface area contributed by atoms with Crippen LogP contribution in [-0.4, -0.2) is 82.0 Å². The molecule has 0 heterocycles.